The van der Waals surface area contributed by atoms with Crippen LogP contribution in [0.25, 0.3) is 11.1 Å². The van der Waals surface area contributed by atoms with Crippen LogP contribution in [-0.4, -0.2) is 30.0 Å². The molecule has 0 unspecified atom stereocenters. The molecule has 0 aliphatic heterocycles. The number of halogens is 2. The number of fused-ring (bicyclic) bond motifs is 1. The Morgan fingerprint density at radius 3 is 2.27 bits per heavy atom. The number of carboxylic acids is 1. The number of carbonyl (C=O) groups is 3. The average Bonchev–Trinajstić information content (AvgIpc) is 3.40. The molecule has 0 saturated carbocycles. The van der Waals surface area contributed by atoms with Crippen LogP contribution in [0.5, 0.6) is 5.75 Å². The third-order valence-electron chi connectivity index (χ3n) is 6.79. The number of carbonyl (C=O) groups excluding carboxylic acids is 2. The molecule has 0 radical (unpaired) electrons. The second kappa shape index (κ2) is 11.2. The molecule has 0 aromatic heterocycles. The number of hydrogen-bond acceptors (Lipinski definition) is 4. The van der Waals surface area contributed by atoms with Gasteiger partial charge in [0.25, 0.3) is 11.8 Å². The molecule has 0 atom stereocenters. The summed E-state index contributed by atoms with van der Waals surface area (Å²) in [6.45, 7) is 0. The van der Waals surface area contributed by atoms with Crippen LogP contribution in [0.4, 0.5) is 15.8 Å². The molecular formula is C31H24ClFN2O5. The zero-order chi connectivity index (χ0) is 28.4. The van der Waals surface area contributed by atoms with Gasteiger partial charge in [-0.25, -0.2) is 9.18 Å². The van der Waals surface area contributed by atoms with Crippen LogP contribution < -0.4 is 15.4 Å². The van der Waals surface area contributed by atoms with Gasteiger partial charge in [-0.2, -0.15) is 0 Å². The fraction of sp³-hybridized carbons (Fsp3) is 0.129. The van der Waals surface area contributed by atoms with Gasteiger partial charge in [0.2, 0.25) is 0 Å². The second-order valence-electron chi connectivity index (χ2n) is 9.35. The van der Waals surface area contributed by atoms with E-state index in [1.807, 2.05) is 18.2 Å². The number of aromatic carboxylic acids is 1. The minimum atomic E-state index is -1.29. The first-order valence-corrected chi connectivity index (χ1v) is 12.9. The van der Waals surface area contributed by atoms with Crippen molar-refractivity contribution >= 4 is 40.8 Å². The predicted octanol–water partition coefficient (Wildman–Crippen LogP) is 6.85. The van der Waals surface area contributed by atoms with E-state index < -0.39 is 23.6 Å². The Morgan fingerprint density at radius 2 is 1.52 bits per heavy atom. The molecule has 40 heavy (non-hydrogen) atoms. The van der Waals surface area contributed by atoms with Crippen LogP contribution in [0.3, 0.4) is 0 Å². The van der Waals surface area contributed by atoms with E-state index in [2.05, 4.69) is 10.6 Å². The molecule has 3 N–H and O–H groups in total. The highest BCUT2D eigenvalue weighted by atomic mass is 35.5. The van der Waals surface area contributed by atoms with Crippen molar-refractivity contribution in [2.24, 2.45) is 0 Å². The van der Waals surface area contributed by atoms with E-state index >= 15 is 0 Å². The van der Waals surface area contributed by atoms with E-state index in [4.69, 9.17) is 16.3 Å². The topological polar surface area (TPSA) is 105 Å². The molecule has 9 heteroatoms. The zero-order valence-electron chi connectivity index (χ0n) is 21.4. The Labute approximate surface area is 234 Å². The number of amides is 2. The van der Waals surface area contributed by atoms with Gasteiger partial charge in [0, 0.05) is 33.6 Å². The van der Waals surface area contributed by atoms with Crippen molar-refractivity contribution in [3.05, 3.63) is 111 Å². The van der Waals surface area contributed by atoms with Crippen LogP contribution in [0.2, 0.25) is 5.02 Å². The van der Waals surface area contributed by atoms with Gasteiger partial charge in [-0.15, -0.1) is 0 Å². The molecule has 2 amide bonds. The van der Waals surface area contributed by atoms with Gasteiger partial charge in [-0.3, -0.25) is 9.59 Å². The van der Waals surface area contributed by atoms with Crippen molar-refractivity contribution in [1.29, 1.82) is 0 Å². The van der Waals surface area contributed by atoms with E-state index in [9.17, 15) is 23.9 Å². The molecule has 4 aromatic carbocycles. The fourth-order valence-electron chi connectivity index (χ4n) is 4.83. The van der Waals surface area contributed by atoms with Gasteiger partial charge >= 0.3 is 5.97 Å². The molecule has 202 valence electrons. The van der Waals surface area contributed by atoms with Crippen LogP contribution in [-0.2, 0) is 12.8 Å². The molecule has 0 spiro atoms. The molecule has 1 aliphatic carbocycles. The van der Waals surface area contributed by atoms with Crippen molar-refractivity contribution in [1.82, 2.24) is 0 Å². The number of ether oxygens (including phenoxy) is 1. The van der Waals surface area contributed by atoms with Gasteiger partial charge < -0.3 is 20.5 Å². The van der Waals surface area contributed by atoms with E-state index in [-0.39, 0.29) is 44.3 Å². The molecule has 0 fully saturated rings. The zero-order valence-corrected chi connectivity index (χ0v) is 22.1. The van der Waals surface area contributed by atoms with Gasteiger partial charge in [-0.05, 0) is 96.1 Å². The number of aryl methyl sites for hydroxylation is 2. The SMILES string of the molecule is COc1ccc(NC(=O)c2ccc(Cl)cc2-c2ccc(C(=O)Nc3ccc4c(c3)CCC4)cc2C(=O)O)cc1F. The Kier molecular flexibility index (Phi) is 7.53. The van der Waals surface area contributed by atoms with Gasteiger partial charge in [0.15, 0.2) is 11.6 Å². The summed E-state index contributed by atoms with van der Waals surface area (Å²) in [7, 11) is 1.33. The van der Waals surface area contributed by atoms with E-state index in [1.54, 1.807) is 0 Å². The van der Waals surface area contributed by atoms with Crippen molar-refractivity contribution in [3.8, 4) is 16.9 Å². The van der Waals surface area contributed by atoms with Crippen LogP contribution in [0.1, 0.15) is 48.6 Å². The Bertz CT molecular complexity index is 1670. The summed E-state index contributed by atoms with van der Waals surface area (Å²) in [5.74, 6) is -2.98. The smallest absolute Gasteiger partial charge is 0.336 e. The number of carboxylic acid groups (broad SMARTS) is 1. The molecule has 0 bridgehead atoms. The third kappa shape index (κ3) is 5.53. The summed E-state index contributed by atoms with van der Waals surface area (Å²) in [6.07, 6.45) is 3.06. The highest BCUT2D eigenvalue weighted by Crippen LogP contribution is 2.32. The largest absolute Gasteiger partial charge is 0.494 e. The lowest BCUT2D eigenvalue weighted by Gasteiger charge is -2.15. The number of hydrogen-bond donors (Lipinski definition) is 3. The summed E-state index contributed by atoms with van der Waals surface area (Å²) >= 11 is 6.22. The second-order valence-corrected chi connectivity index (χ2v) is 9.79. The van der Waals surface area contributed by atoms with Crippen molar-refractivity contribution in [2.45, 2.75) is 19.3 Å². The summed E-state index contributed by atoms with van der Waals surface area (Å²) in [5, 5.41) is 15.7. The summed E-state index contributed by atoms with van der Waals surface area (Å²) < 4.78 is 19.1. The van der Waals surface area contributed by atoms with Crippen LogP contribution in [0.15, 0.2) is 72.8 Å². The average molecular weight is 559 g/mol. The summed E-state index contributed by atoms with van der Waals surface area (Å²) in [5.41, 5.74) is 3.78. The molecule has 4 aromatic rings. The monoisotopic (exact) mass is 558 g/mol. The minimum absolute atomic E-state index is 0.0246. The van der Waals surface area contributed by atoms with Gasteiger partial charge in [0.1, 0.15) is 0 Å². The van der Waals surface area contributed by atoms with E-state index in [0.29, 0.717) is 5.69 Å². The number of benzene rings is 4. The van der Waals surface area contributed by atoms with Gasteiger partial charge in [-0.1, -0.05) is 23.7 Å². The lowest BCUT2D eigenvalue weighted by Crippen LogP contribution is -2.15. The maximum absolute atomic E-state index is 14.1. The van der Waals surface area contributed by atoms with E-state index in [0.717, 1.165) is 25.3 Å². The number of methoxy groups -OCH3 is 1. The number of rotatable bonds is 7. The first-order chi connectivity index (χ1) is 19.2. The number of nitrogens with one attached hydrogen (secondary N) is 2. The minimum Gasteiger partial charge on any atom is -0.494 e. The first kappa shape index (κ1) is 26.9. The standard InChI is InChI=1S/C31H24ClFN2O5/c1-40-28-12-9-22(16-27(28)33)35-30(37)24-11-7-20(32)15-25(24)23-10-6-19(14-26(23)31(38)39)29(36)34-21-8-5-17-3-2-4-18(17)13-21/h5-16H,2-4H2,1H3,(H,34,36)(H,35,37)(H,38,39). The summed E-state index contributed by atoms with van der Waals surface area (Å²) in [4.78, 5) is 38.5. The Morgan fingerprint density at radius 1 is 0.800 bits per heavy atom. The van der Waals surface area contributed by atoms with Crippen molar-refractivity contribution < 1.29 is 28.6 Å². The lowest BCUT2D eigenvalue weighted by molar-refractivity contribution is 0.0697. The van der Waals surface area contributed by atoms with E-state index in [1.165, 1.54) is 66.8 Å². The third-order valence-corrected chi connectivity index (χ3v) is 7.03. The molecule has 5 rings (SSSR count). The fourth-order valence-corrected chi connectivity index (χ4v) is 5.00. The van der Waals surface area contributed by atoms with Crippen LogP contribution >= 0.6 is 11.6 Å². The number of anilines is 2. The maximum atomic E-state index is 14.1. The molecule has 1 aliphatic rings. The maximum Gasteiger partial charge on any atom is 0.336 e. The van der Waals surface area contributed by atoms with Crippen LogP contribution in [0, 0.1) is 5.82 Å². The van der Waals surface area contributed by atoms with Crippen molar-refractivity contribution in [2.75, 3.05) is 17.7 Å². The van der Waals surface area contributed by atoms with Gasteiger partial charge in [0.05, 0.1) is 12.7 Å². The highest BCUT2D eigenvalue weighted by Gasteiger charge is 2.22. The first-order valence-electron chi connectivity index (χ1n) is 12.5. The molecular weight excluding hydrogens is 535 g/mol. The Hall–Kier alpha value is -4.69. The predicted molar refractivity (Wildman–Crippen MR) is 151 cm³/mol. The normalized spacial score (nSPS) is 12.0. The Balaban J connectivity index is 1.46. The summed E-state index contributed by atoms with van der Waals surface area (Å²) in [6, 6.07) is 18.4. The quantitative estimate of drug-likeness (QED) is 0.230. The molecule has 7 nitrogen and oxygen atoms in total. The highest BCUT2D eigenvalue weighted by molar-refractivity contribution is 6.31. The molecule has 0 saturated heterocycles. The van der Waals surface area contributed by atoms with Crippen molar-refractivity contribution in [3.63, 3.8) is 0 Å². The molecule has 0 heterocycles. The lowest BCUT2D eigenvalue weighted by atomic mass is 9.93.